The Bertz CT molecular complexity index is 1100. The van der Waals surface area contributed by atoms with E-state index in [1.165, 1.54) is 5.56 Å². The van der Waals surface area contributed by atoms with Crippen molar-refractivity contribution >= 4 is 46.3 Å². The molecule has 0 spiro atoms. The van der Waals surface area contributed by atoms with Gasteiger partial charge in [-0.3, -0.25) is 0 Å². The molecule has 156 valence electrons. The van der Waals surface area contributed by atoms with Gasteiger partial charge in [0, 0.05) is 16.9 Å². The molecule has 2 aliphatic rings. The summed E-state index contributed by atoms with van der Waals surface area (Å²) in [6, 6.07) is 27.3. The number of aryl methyl sites for hydroxylation is 1. The SMILES string of the molecule is O=C1OC2=C(CCCc3ccccc32)[C@H](N(c2ccccc2)c2ccccc2)C1(Cl)Cl. The van der Waals surface area contributed by atoms with Crippen LogP contribution in [0.4, 0.5) is 11.4 Å². The minimum absolute atomic E-state index is 0.594. The Kier molecular flexibility index (Phi) is 5.25. The molecule has 0 fully saturated rings. The summed E-state index contributed by atoms with van der Waals surface area (Å²) in [6.45, 7) is 0. The third-order valence-corrected chi connectivity index (χ3v) is 6.64. The second kappa shape index (κ2) is 8.07. The van der Waals surface area contributed by atoms with Gasteiger partial charge in [-0.15, -0.1) is 0 Å². The smallest absolute Gasteiger partial charge is 0.350 e. The van der Waals surface area contributed by atoms with Crippen molar-refractivity contribution in [3.63, 3.8) is 0 Å². The van der Waals surface area contributed by atoms with E-state index in [0.717, 1.165) is 41.8 Å². The minimum Gasteiger partial charge on any atom is -0.424 e. The number of esters is 1. The predicted molar refractivity (Wildman–Crippen MR) is 126 cm³/mol. The molecule has 5 rings (SSSR count). The van der Waals surface area contributed by atoms with Crippen LogP contribution in [-0.4, -0.2) is 16.3 Å². The van der Waals surface area contributed by atoms with Crippen molar-refractivity contribution in [2.24, 2.45) is 0 Å². The lowest BCUT2D eigenvalue weighted by Crippen LogP contribution is -2.53. The van der Waals surface area contributed by atoms with Crippen LogP contribution >= 0.6 is 23.2 Å². The van der Waals surface area contributed by atoms with E-state index in [1.807, 2.05) is 78.9 Å². The van der Waals surface area contributed by atoms with Gasteiger partial charge in [-0.05, 0) is 54.7 Å². The first-order valence-electron chi connectivity index (χ1n) is 10.4. The Morgan fingerprint density at radius 3 is 2.03 bits per heavy atom. The maximum absolute atomic E-state index is 13.1. The number of nitrogens with zero attached hydrogens (tertiary/aromatic N) is 1. The third-order valence-electron chi connectivity index (χ3n) is 5.91. The van der Waals surface area contributed by atoms with Crippen molar-refractivity contribution < 1.29 is 9.53 Å². The lowest BCUT2D eigenvalue weighted by molar-refractivity contribution is -0.138. The first-order valence-corrected chi connectivity index (χ1v) is 11.1. The largest absolute Gasteiger partial charge is 0.424 e. The summed E-state index contributed by atoms with van der Waals surface area (Å²) in [5.41, 5.74) is 4.87. The summed E-state index contributed by atoms with van der Waals surface area (Å²) in [7, 11) is 0. The van der Waals surface area contributed by atoms with Crippen molar-refractivity contribution in [2.75, 3.05) is 4.90 Å². The number of anilines is 2. The molecule has 1 heterocycles. The van der Waals surface area contributed by atoms with Gasteiger partial charge in [-0.25, -0.2) is 4.79 Å². The van der Waals surface area contributed by atoms with E-state index in [9.17, 15) is 4.79 Å². The number of para-hydroxylation sites is 2. The standard InChI is InChI=1S/C26H21Cl2NO2/c27-26(28)24(29(19-12-3-1-4-13-19)20-14-5-2-6-15-20)22-17-9-11-18-10-7-8-16-21(18)23(22)31-25(26)30/h1-8,10,12-16,24H,9,11,17H2/t24-/m0/s1. The van der Waals surface area contributed by atoms with Crippen LogP contribution in [0.5, 0.6) is 0 Å². The molecule has 31 heavy (non-hydrogen) atoms. The summed E-state index contributed by atoms with van der Waals surface area (Å²) in [6.07, 6.45) is 2.56. The fourth-order valence-corrected chi connectivity index (χ4v) is 5.07. The molecule has 3 aromatic carbocycles. The zero-order chi connectivity index (χ0) is 21.4. The highest BCUT2D eigenvalue weighted by Gasteiger charge is 2.54. The van der Waals surface area contributed by atoms with Crippen LogP contribution in [0.2, 0.25) is 0 Å². The number of hydrogen-bond acceptors (Lipinski definition) is 3. The summed E-state index contributed by atoms with van der Waals surface area (Å²) in [4.78, 5) is 15.2. The van der Waals surface area contributed by atoms with E-state index in [1.54, 1.807) is 0 Å². The van der Waals surface area contributed by atoms with Crippen LogP contribution in [0, 0.1) is 0 Å². The Morgan fingerprint density at radius 1 is 0.806 bits per heavy atom. The lowest BCUT2D eigenvalue weighted by atomic mass is 9.91. The molecular weight excluding hydrogens is 429 g/mol. The summed E-state index contributed by atoms with van der Waals surface area (Å²) >= 11 is 13.6. The number of rotatable bonds is 3. The van der Waals surface area contributed by atoms with Gasteiger partial charge < -0.3 is 9.64 Å². The number of carbonyl (C=O) groups excluding carboxylic acids is 1. The van der Waals surface area contributed by atoms with Crippen LogP contribution < -0.4 is 4.90 Å². The van der Waals surface area contributed by atoms with Gasteiger partial charge in [0.15, 0.2) is 0 Å². The van der Waals surface area contributed by atoms with Gasteiger partial charge in [0.1, 0.15) is 11.8 Å². The van der Waals surface area contributed by atoms with E-state index in [2.05, 4.69) is 11.0 Å². The van der Waals surface area contributed by atoms with Gasteiger partial charge in [-0.2, -0.15) is 0 Å². The maximum atomic E-state index is 13.1. The van der Waals surface area contributed by atoms with Gasteiger partial charge in [0.25, 0.3) is 0 Å². The van der Waals surface area contributed by atoms with Gasteiger partial charge in [-0.1, -0.05) is 83.9 Å². The average molecular weight is 450 g/mol. The molecule has 1 atom stereocenters. The maximum Gasteiger partial charge on any atom is 0.350 e. The first-order chi connectivity index (χ1) is 15.1. The molecule has 0 unspecified atom stereocenters. The molecule has 1 aliphatic heterocycles. The second-order valence-electron chi connectivity index (χ2n) is 7.82. The molecule has 0 amide bonds. The summed E-state index contributed by atoms with van der Waals surface area (Å²) < 4.78 is 4.05. The third kappa shape index (κ3) is 3.52. The quantitative estimate of drug-likeness (QED) is 0.330. The molecule has 0 N–H and O–H groups in total. The molecule has 3 nitrogen and oxygen atoms in total. The topological polar surface area (TPSA) is 29.5 Å². The molecule has 1 aliphatic carbocycles. The number of carbonyl (C=O) groups is 1. The Morgan fingerprint density at radius 2 is 1.39 bits per heavy atom. The molecule has 0 radical (unpaired) electrons. The number of ether oxygens (including phenoxy) is 1. The number of benzene rings is 3. The van der Waals surface area contributed by atoms with Crippen molar-refractivity contribution in [3.8, 4) is 0 Å². The highest BCUT2D eigenvalue weighted by atomic mass is 35.5. The van der Waals surface area contributed by atoms with Gasteiger partial charge in [0.05, 0.1) is 0 Å². The minimum atomic E-state index is -1.76. The summed E-state index contributed by atoms with van der Waals surface area (Å²) in [5, 5.41) is 0. The van der Waals surface area contributed by atoms with E-state index in [-0.39, 0.29) is 0 Å². The molecule has 5 heteroatoms. The molecule has 0 saturated carbocycles. The van der Waals surface area contributed by atoms with E-state index >= 15 is 0 Å². The molecule has 0 aromatic heterocycles. The monoisotopic (exact) mass is 449 g/mol. The van der Waals surface area contributed by atoms with Crippen LogP contribution in [0.15, 0.2) is 90.5 Å². The average Bonchev–Trinajstić information content (AvgIpc) is 2.97. The zero-order valence-corrected chi connectivity index (χ0v) is 18.3. The van der Waals surface area contributed by atoms with Crippen LogP contribution in [0.25, 0.3) is 5.76 Å². The number of alkyl halides is 2. The highest BCUT2D eigenvalue weighted by Crippen LogP contribution is 2.49. The van der Waals surface area contributed by atoms with Crippen LogP contribution in [0.3, 0.4) is 0 Å². The number of hydrogen-bond donors (Lipinski definition) is 0. The predicted octanol–water partition coefficient (Wildman–Crippen LogP) is 6.67. The van der Waals surface area contributed by atoms with E-state index < -0.39 is 16.3 Å². The Labute approximate surface area is 191 Å². The number of fused-ring (bicyclic) bond motifs is 2. The second-order valence-corrected chi connectivity index (χ2v) is 9.21. The summed E-state index contributed by atoms with van der Waals surface area (Å²) in [5.74, 6) is -0.0509. The van der Waals surface area contributed by atoms with Crippen molar-refractivity contribution in [1.29, 1.82) is 0 Å². The van der Waals surface area contributed by atoms with Gasteiger partial charge >= 0.3 is 5.97 Å². The van der Waals surface area contributed by atoms with Crippen LogP contribution in [-0.2, 0) is 16.0 Å². The zero-order valence-electron chi connectivity index (χ0n) is 16.8. The number of halogens is 2. The van der Waals surface area contributed by atoms with Gasteiger partial charge in [0.2, 0.25) is 4.33 Å². The van der Waals surface area contributed by atoms with Crippen molar-refractivity contribution in [1.82, 2.24) is 0 Å². The normalized spacial score (nSPS) is 19.7. The Balaban J connectivity index is 1.77. The highest BCUT2D eigenvalue weighted by molar-refractivity contribution is 6.59. The molecular formula is C26H21Cl2NO2. The van der Waals surface area contributed by atoms with Crippen molar-refractivity contribution in [3.05, 3.63) is 102 Å². The van der Waals surface area contributed by atoms with Crippen LogP contribution in [0.1, 0.15) is 24.0 Å². The van der Waals surface area contributed by atoms with Crippen molar-refractivity contribution in [2.45, 2.75) is 29.6 Å². The fourth-order valence-electron chi connectivity index (χ4n) is 4.53. The Hall–Kier alpha value is -2.75. The van der Waals surface area contributed by atoms with E-state index in [4.69, 9.17) is 27.9 Å². The molecule has 0 saturated heterocycles. The molecule has 3 aromatic rings. The lowest BCUT2D eigenvalue weighted by Gasteiger charge is -2.43. The molecule has 0 bridgehead atoms. The fraction of sp³-hybridized carbons (Fsp3) is 0.192. The first kappa shape index (κ1) is 20.2. The van der Waals surface area contributed by atoms with E-state index in [0.29, 0.717) is 5.76 Å².